The van der Waals surface area contributed by atoms with Gasteiger partial charge in [0.1, 0.15) is 11.6 Å². The highest BCUT2D eigenvalue weighted by atomic mass is 16.5. The number of nitrogens with zero attached hydrogens (tertiary/aromatic N) is 3. The molecule has 5 nitrogen and oxygen atoms in total. The molecule has 23 heavy (non-hydrogen) atoms. The standard InChI is InChI=1S/C18H24N4O/c1-4-15-11-17(21-18(20-15)19-5-2)22-9-8-13-10-16(23-3)7-6-14(13)12-22/h6-7,10-11H,4-5,8-9,12H2,1-3H3,(H,19,20,21). The first-order valence-corrected chi connectivity index (χ1v) is 8.26. The summed E-state index contributed by atoms with van der Waals surface area (Å²) in [5.41, 5.74) is 3.79. The van der Waals surface area contributed by atoms with Gasteiger partial charge in [0.05, 0.1) is 7.11 Å². The van der Waals surface area contributed by atoms with Crippen molar-refractivity contribution < 1.29 is 4.74 Å². The molecule has 122 valence electrons. The average molecular weight is 312 g/mol. The Bertz CT molecular complexity index is 687. The molecule has 0 spiro atoms. The van der Waals surface area contributed by atoms with Gasteiger partial charge in [0.2, 0.25) is 5.95 Å². The van der Waals surface area contributed by atoms with E-state index in [4.69, 9.17) is 4.74 Å². The molecule has 1 aromatic heterocycles. The lowest BCUT2D eigenvalue weighted by atomic mass is 9.99. The number of aryl methyl sites for hydroxylation is 1. The lowest BCUT2D eigenvalue weighted by Crippen LogP contribution is -2.31. The van der Waals surface area contributed by atoms with Crippen LogP contribution in [0.3, 0.4) is 0 Å². The summed E-state index contributed by atoms with van der Waals surface area (Å²) in [5.74, 6) is 2.67. The predicted octanol–water partition coefficient (Wildman–Crippen LogP) is 3.04. The lowest BCUT2D eigenvalue weighted by Gasteiger charge is -2.30. The van der Waals surface area contributed by atoms with Crippen molar-refractivity contribution in [2.24, 2.45) is 0 Å². The van der Waals surface area contributed by atoms with Gasteiger partial charge >= 0.3 is 0 Å². The fourth-order valence-electron chi connectivity index (χ4n) is 2.92. The second-order valence-electron chi connectivity index (χ2n) is 5.73. The van der Waals surface area contributed by atoms with E-state index in [1.54, 1.807) is 7.11 Å². The van der Waals surface area contributed by atoms with Gasteiger partial charge in [-0.2, -0.15) is 4.98 Å². The lowest BCUT2D eigenvalue weighted by molar-refractivity contribution is 0.413. The Kier molecular flexibility index (Phi) is 4.65. The van der Waals surface area contributed by atoms with Crippen molar-refractivity contribution in [3.63, 3.8) is 0 Å². The molecule has 5 heteroatoms. The van der Waals surface area contributed by atoms with Gasteiger partial charge < -0.3 is 15.0 Å². The molecule has 0 bridgehead atoms. The first-order valence-electron chi connectivity index (χ1n) is 8.26. The van der Waals surface area contributed by atoms with E-state index in [0.29, 0.717) is 0 Å². The third kappa shape index (κ3) is 3.38. The SMILES string of the molecule is CCNc1nc(CC)cc(N2CCc3cc(OC)ccc3C2)n1. The molecular weight excluding hydrogens is 288 g/mol. The summed E-state index contributed by atoms with van der Waals surface area (Å²) in [5, 5.41) is 3.23. The summed E-state index contributed by atoms with van der Waals surface area (Å²) in [6.07, 6.45) is 1.92. The number of aromatic nitrogens is 2. The Labute approximate surface area is 137 Å². The number of fused-ring (bicyclic) bond motifs is 1. The smallest absolute Gasteiger partial charge is 0.224 e. The van der Waals surface area contributed by atoms with Crippen LogP contribution >= 0.6 is 0 Å². The van der Waals surface area contributed by atoms with Gasteiger partial charge in [-0.3, -0.25) is 0 Å². The first-order chi connectivity index (χ1) is 11.2. The number of methoxy groups -OCH3 is 1. The number of hydrogen-bond donors (Lipinski definition) is 1. The Morgan fingerprint density at radius 3 is 2.78 bits per heavy atom. The van der Waals surface area contributed by atoms with E-state index in [2.05, 4.69) is 52.2 Å². The molecule has 0 saturated carbocycles. The van der Waals surface area contributed by atoms with Crippen molar-refractivity contribution in [2.75, 3.05) is 30.4 Å². The third-order valence-electron chi connectivity index (χ3n) is 4.21. The minimum Gasteiger partial charge on any atom is -0.497 e. The van der Waals surface area contributed by atoms with Gasteiger partial charge in [0, 0.05) is 31.4 Å². The zero-order chi connectivity index (χ0) is 16.2. The van der Waals surface area contributed by atoms with Crippen LogP contribution < -0.4 is 15.0 Å². The van der Waals surface area contributed by atoms with Gasteiger partial charge in [-0.05, 0) is 43.0 Å². The van der Waals surface area contributed by atoms with Crippen molar-refractivity contribution in [3.8, 4) is 5.75 Å². The maximum atomic E-state index is 5.32. The van der Waals surface area contributed by atoms with Crippen LogP contribution in [-0.4, -0.2) is 30.2 Å². The minimum atomic E-state index is 0.724. The van der Waals surface area contributed by atoms with Crippen molar-refractivity contribution >= 4 is 11.8 Å². The van der Waals surface area contributed by atoms with E-state index in [1.807, 2.05) is 6.07 Å². The van der Waals surface area contributed by atoms with Crippen molar-refractivity contribution in [1.29, 1.82) is 0 Å². The number of anilines is 2. The van der Waals surface area contributed by atoms with Crippen LogP contribution in [0.5, 0.6) is 5.75 Å². The van der Waals surface area contributed by atoms with Crippen LogP contribution in [0.15, 0.2) is 24.3 Å². The minimum absolute atomic E-state index is 0.724. The maximum absolute atomic E-state index is 5.32. The van der Waals surface area contributed by atoms with Crippen molar-refractivity contribution in [1.82, 2.24) is 9.97 Å². The number of ether oxygens (including phenoxy) is 1. The summed E-state index contributed by atoms with van der Waals surface area (Å²) >= 11 is 0. The molecule has 3 rings (SSSR count). The monoisotopic (exact) mass is 312 g/mol. The van der Waals surface area contributed by atoms with E-state index < -0.39 is 0 Å². The van der Waals surface area contributed by atoms with Crippen molar-refractivity contribution in [2.45, 2.75) is 33.2 Å². The summed E-state index contributed by atoms with van der Waals surface area (Å²) in [6, 6.07) is 8.45. The highest BCUT2D eigenvalue weighted by Gasteiger charge is 2.19. The van der Waals surface area contributed by atoms with Crippen molar-refractivity contribution in [3.05, 3.63) is 41.1 Å². The van der Waals surface area contributed by atoms with Crippen LogP contribution in [0.2, 0.25) is 0 Å². The fraction of sp³-hybridized carbons (Fsp3) is 0.444. The summed E-state index contributed by atoms with van der Waals surface area (Å²) in [4.78, 5) is 11.5. The third-order valence-corrected chi connectivity index (χ3v) is 4.21. The second-order valence-corrected chi connectivity index (χ2v) is 5.73. The summed E-state index contributed by atoms with van der Waals surface area (Å²) < 4.78 is 5.32. The quantitative estimate of drug-likeness (QED) is 0.919. The van der Waals surface area contributed by atoms with Gasteiger partial charge in [0.15, 0.2) is 0 Å². The topological polar surface area (TPSA) is 50.3 Å². The Morgan fingerprint density at radius 1 is 1.17 bits per heavy atom. The number of rotatable bonds is 5. The van der Waals surface area contributed by atoms with Gasteiger partial charge in [0.25, 0.3) is 0 Å². The highest BCUT2D eigenvalue weighted by Crippen LogP contribution is 2.27. The molecule has 1 aliphatic heterocycles. The van der Waals surface area contributed by atoms with Gasteiger partial charge in [-0.25, -0.2) is 4.98 Å². The molecule has 0 amide bonds. The molecule has 2 heterocycles. The summed E-state index contributed by atoms with van der Waals surface area (Å²) in [6.45, 7) is 6.86. The van der Waals surface area contributed by atoms with Crippen LogP contribution in [0.25, 0.3) is 0 Å². The zero-order valence-corrected chi connectivity index (χ0v) is 14.1. The van der Waals surface area contributed by atoms with E-state index >= 15 is 0 Å². The maximum Gasteiger partial charge on any atom is 0.224 e. The molecule has 0 saturated heterocycles. The fourth-order valence-corrected chi connectivity index (χ4v) is 2.92. The Morgan fingerprint density at radius 2 is 2.04 bits per heavy atom. The van der Waals surface area contributed by atoms with Crippen LogP contribution in [-0.2, 0) is 19.4 Å². The molecule has 0 unspecified atom stereocenters. The largest absolute Gasteiger partial charge is 0.497 e. The number of nitrogens with one attached hydrogen (secondary N) is 1. The van der Waals surface area contributed by atoms with Gasteiger partial charge in [-0.1, -0.05) is 13.0 Å². The number of hydrogen-bond acceptors (Lipinski definition) is 5. The Balaban J connectivity index is 1.86. The molecule has 2 aromatic rings. The summed E-state index contributed by atoms with van der Waals surface area (Å²) in [7, 11) is 1.71. The van der Waals surface area contributed by atoms with Crippen LogP contribution in [0.4, 0.5) is 11.8 Å². The van der Waals surface area contributed by atoms with Crippen LogP contribution in [0, 0.1) is 0 Å². The zero-order valence-electron chi connectivity index (χ0n) is 14.1. The normalized spacial score (nSPS) is 13.6. The molecule has 0 radical (unpaired) electrons. The molecule has 0 fully saturated rings. The van der Waals surface area contributed by atoms with Crippen LogP contribution in [0.1, 0.15) is 30.7 Å². The molecular formula is C18H24N4O. The molecule has 1 aromatic carbocycles. The highest BCUT2D eigenvalue weighted by molar-refractivity contribution is 5.49. The second kappa shape index (κ2) is 6.86. The number of benzene rings is 1. The van der Waals surface area contributed by atoms with Gasteiger partial charge in [-0.15, -0.1) is 0 Å². The Hall–Kier alpha value is -2.30. The van der Waals surface area contributed by atoms with E-state index in [9.17, 15) is 0 Å². The first kappa shape index (κ1) is 15.6. The molecule has 0 aliphatic carbocycles. The van der Waals surface area contributed by atoms with E-state index in [-0.39, 0.29) is 0 Å². The average Bonchev–Trinajstić information content (AvgIpc) is 2.60. The molecule has 1 N–H and O–H groups in total. The van der Waals surface area contributed by atoms with E-state index in [1.165, 1.54) is 11.1 Å². The molecule has 1 aliphatic rings. The molecule has 0 atom stereocenters. The van der Waals surface area contributed by atoms with E-state index in [0.717, 1.165) is 55.7 Å². The predicted molar refractivity (Wildman–Crippen MR) is 93.3 cm³/mol.